The molecule has 1 aromatic heterocycles. The number of nitrogens with one attached hydrogen (secondary N) is 2. The number of carbonyl (C=O) groups is 3. The van der Waals surface area contributed by atoms with Crippen LogP contribution in [0.5, 0.6) is 5.75 Å². The van der Waals surface area contributed by atoms with E-state index in [2.05, 4.69) is 15.6 Å². The molecule has 1 fully saturated rings. The molecule has 1 aliphatic carbocycles. The van der Waals surface area contributed by atoms with E-state index in [0.29, 0.717) is 37.9 Å². The molecule has 0 saturated heterocycles. The van der Waals surface area contributed by atoms with Gasteiger partial charge in [-0.2, -0.15) is 0 Å². The number of nitrogens with zero attached hydrogens (tertiary/aromatic N) is 3. The zero-order chi connectivity index (χ0) is 26.0. The molecule has 3 N–H and O–H groups in total. The first-order chi connectivity index (χ1) is 17.2. The summed E-state index contributed by atoms with van der Waals surface area (Å²) in [6.45, 7) is 4.61. The minimum Gasteiger partial charge on any atom is -0.501 e. The molecule has 2 aromatic rings. The summed E-state index contributed by atoms with van der Waals surface area (Å²) < 4.78 is 14.5. The Kier molecular flexibility index (Phi) is 7.09. The quantitative estimate of drug-likeness (QED) is 0.515. The van der Waals surface area contributed by atoms with Crippen molar-refractivity contribution in [1.82, 2.24) is 25.1 Å². The molecule has 1 aromatic carbocycles. The van der Waals surface area contributed by atoms with Gasteiger partial charge in [-0.15, -0.1) is 0 Å². The van der Waals surface area contributed by atoms with Crippen LogP contribution in [0.25, 0.3) is 0 Å². The number of hydrogen-bond donors (Lipinski definition) is 3. The van der Waals surface area contributed by atoms with E-state index in [1.165, 1.54) is 33.7 Å². The summed E-state index contributed by atoms with van der Waals surface area (Å²) in [4.78, 5) is 57.5. The maximum absolute atomic E-state index is 13.2. The number of aromatic nitrogens is 2. The molecule has 11 heteroatoms. The molecule has 36 heavy (non-hydrogen) atoms. The third kappa shape index (κ3) is 4.69. The molecule has 2 heterocycles. The fourth-order valence-corrected chi connectivity index (χ4v) is 5.15. The largest absolute Gasteiger partial charge is 0.501 e. The van der Waals surface area contributed by atoms with E-state index in [1.54, 1.807) is 13.8 Å². The summed E-state index contributed by atoms with van der Waals surface area (Å²) in [5, 5.41) is 16.0. The van der Waals surface area contributed by atoms with E-state index in [1.807, 2.05) is 0 Å². The third-order valence-electron chi connectivity index (χ3n) is 7.13. The lowest BCUT2D eigenvalue weighted by atomic mass is 9.94. The van der Waals surface area contributed by atoms with Crippen LogP contribution in [-0.2, 0) is 28.2 Å². The Balaban J connectivity index is 1.68. The van der Waals surface area contributed by atoms with Gasteiger partial charge in [-0.1, -0.05) is 12.1 Å². The van der Waals surface area contributed by atoms with Crippen LogP contribution in [0, 0.1) is 11.7 Å². The average molecular weight is 500 g/mol. The highest BCUT2D eigenvalue weighted by molar-refractivity contribution is 6.35. The smallest absolute Gasteiger partial charge is 0.311 e. The molecule has 1 saturated carbocycles. The summed E-state index contributed by atoms with van der Waals surface area (Å²) in [6, 6.07) is 5.53. The van der Waals surface area contributed by atoms with Crippen molar-refractivity contribution in [3.05, 3.63) is 57.5 Å². The van der Waals surface area contributed by atoms with Crippen molar-refractivity contribution in [3.8, 4) is 5.75 Å². The predicted molar refractivity (Wildman–Crippen MR) is 127 cm³/mol. The highest BCUT2D eigenvalue weighted by Crippen LogP contribution is 2.45. The van der Waals surface area contributed by atoms with Crippen molar-refractivity contribution in [3.63, 3.8) is 0 Å². The fraction of sp³-hybridized carbons (Fsp3) is 0.480. The van der Waals surface area contributed by atoms with Gasteiger partial charge in [-0.05, 0) is 63.1 Å². The topological polar surface area (TPSA) is 134 Å². The van der Waals surface area contributed by atoms with Crippen LogP contribution < -0.4 is 16.2 Å². The van der Waals surface area contributed by atoms with Crippen LogP contribution in [0.4, 0.5) is 4.39 Å². The van der Waals surface area contributed by atoms with E-state index in [-0.39, 0.29) is 24.8 Å². The average Bonchev–Trinajstić information content (AvgIpc) is 3.20. The number of amides is 3. The number of likely N-dealkylation sites (N-methyl/N-ethyl adjacent to an activating group) is 1. The van der Waals surface area contributed by atoms with Crippen molar-refractivity contribution in [1.29, 1.82) is 0 Å². The van der Waals surface area contributed by atoms with E-state index in [4.69, 9.17) is 0 Å². The SMILES string of the molecule is CCN(CC)C(=O)C(=O)NC12CCC(CCn3c1nc(C(=O)NCc1ccc(F)cc1)c(O)c3=O)C2. The van der Waals surface area contributed by atoms with Crippen molar-refractivity contribution in [2.75, 3.05) is 13.1 Å². The van der Waals surface area contributed by atoms with Crippen molar-refractivity contribution >= 4 is 17.7 Å². The predicted octanol–water partition coefficient (Wildman–Crippen LogP) is 1.40. The summed E-state index contributed by atoms with van der Waals surface area (Å²) in [5.41, 5.74) is -1.72. The van der Waals surface area contributed by atoms with Gasteiger partial charge in [-0.25, -0.2) is 9.37 Å². The number of carbonyl (C=O) groups excluding carboxylic acids is 3. The molecular formula is C25H30FN5O5. The molecular weight excluding hydrogens is 469 g/mol. The Labute approximate surface area is 207 Å². The van der Waals surface area contributed by atoms with E-state index < -0.39 is 46.1 Å². The van der Waals surface area contributed by atoms with Crippen LogP contribution in [0.1, 0.15) is 61.4 Å². The molecule has 2 unspecified atom stereocenters. The Hall–Kier alpha value is -3.76. The lowest BCUT2D eigenvalue weighted by Gasteiger charge is -2.32. The first kappa shape index (κ1) is 25.3. The number of fused-ring (bicyclic) bond motifs is 4. The fourth-order valence-electron chi connectivity index (χ4n) is 5.15. The number of halogens is 1. The molecule has 0 spiro atoms. The van der Waals surface area contributed by atoms with Crippen LogP contribution in [0.3, 0.4) is 0 Å². The van der Waals surface area contributed by atoms with Gasteiger partial charge in [0.25, 0.3) is 11.5 Å². The summed E-state index contributed by atoms with van der Waals surface area (Å²) >= 11 is 0. The van der Waals surface area contributed by atoms with Gasteiger partial charge in [0.05, 0.1) is 5.54 Å². The molecule has 1 aliphatic heterocycles. The number of hydrogen-bond acceptors (Lipinski definition) is 6. The van der Waals surface area contributed by atoms with Crippen molar-refractivity contribution in [2.24, 2.45) is 5.92 Å². The Bertz CT molecular complexity index is 1240. The lowest BCUT2D eigenvalue weighted by Crippen LogP contribution is -2.53. The first-order valence-electron chi connectivity index (χ1n) is 12.2. The zero-order valence-corrected chi connectivity index (χ0v) is 20.3. The van der Waals surface area contributed by atoms with E-state index in [0.717, 1.165) is 6.42 Å². The standard InChI is InChI=1S/C25H30FN5O5/c1-3-30(4-2)23(36)21(34)29-25-11-9-15(13-25)10-12-31-22(35)19(32)18(28-24(25)31)20(33)27-14-16-5-7-17(26)8-6-16/h5-8,15,32H,3-4,9-14H2,1-2H3,(H,27,33)(H,29,34). The minimum atomic E-state index is -1.11. The maximum atomic E-state index is 13.2. The molecule has 10 nitrogen and oxygen atoms in total. The number of benzene rings is 1. The van der Waals surface area contributed by atoms with Gasteiger partial charge in [0.2, 0.25) is 5.75 Å². The molecule has 4 rings (SSSR count). The lowest BCUT2D eigenvalue weighted by molar-refractivity contribution is -0.146. The second-order valence-corrected chi connectivity index (χ2v) is 9.31. The maximum Gasteiger partial charge on any atom is 0.311 e. The second-order valence-electron chi connectivity index (χ2n) is 9.31. The van der Waals surface area contributed by atoms with Crippen LogP contribution in [0.2, 0.25) is 0 Å². The van der Waals surface area contributed by atoms with Crippen molar-refractivity contribution < 1.29 is 23.9 Å². The summed E-state index contributed by atoms with van der Waals surface area (Å²) in [7, 11) is 0. The normalized spacial score (nSPS) is 20.2. The van der Waals surface area contributed by atoms with E-state index in [9.17, 15) is 28.7 Å². The van der Waals surface area contributed by atoms with Gasteiger partial charge >= 0.3 is 11.8 Å². The van der Waals surface area contributed by atoms with Gasteiger partial charge in [0.15, 0.2) is 5.69 Å². The van der Waals surface area contributed by atoms with Crippen LogP contribution in [-0.4, -0.2) is 50.4 Å². The molecule has 3 amide bonds. The molecule has 2 aliphatic rings. The van der Waals surface area contributed by atoms with Crippen molar-refractivity contribution in [2.45, 2.75) is 58.2 Å². The minimum absolute atomic E-state index is 0.0287. The van der Waals surface area contributed by atoms with E-state index >= 15 is 0 Å². The van der Waals surface area contributed by atoms with Gasteiger partial charge in [0, 0.05) is 26.2 Å². The monoisotopic (exact) mass is 499 g/mol. The van der Waals surface area contributed by atoms with Gasteiger partial charge < -0.3 is 20.6 Å². The van der Waals surface area contributed by atoms with Gasteiger partial charge in [-0.3, -0.25) is 23.7 Å². The molecule has 2 atom stereocenters. The zero-order valence-electron chi connectivity index (χ0n) is 20.3. The third-order valence-corrected chi connectivity index (χ3v) is 7.13. The highest BCUT2D eigenvalue weighted by Gasteiger charge is 2.48. The Morgan fingerprint density at radius 2 is 1.89 bits per heavy atom. The van der Waals surface area contributed by atoms with Crippen LogP contribution >= 0.6 is 0 Å². The summed E-state index contributed by atoms with van der Waals surface area (Å²) in [5.74, 6) is -3.09. The second kappa shape index (κ2) is 10.1. The molecule has 2 bridgehead atoms. The highest BCUT2D eigenvalue weighted by atomic mass is 19.1. The number of aromatic hydroxyl groups is 1. The summed E-state index contributed by atoms with van der Waals surface area (Å²) in [6.07, 6.45) is 2.33. The Morgan fingerprint density at radius 3 is 2.56 bits per heavy atom. The first-order valence-corrected chi connectivity index (χ1v) is 12.2. The molecule has 192 valence electrons. The Morgan fingerprint density at radius 1 is 1.19 bits per heavy atom. The van der Waals surface area contributed by atoms with Gasteiger partial charge in [0.1, 0.15) is 11.6 Å². The van der Waals surface area contributed by atoms with Crippen LogP contribution in [0.15, 0.2) is 29.1 Å². The molecule has 0 radical (unpaired) electrons. The number of rotatable bonds is 6.